The van der Waals surface area contributed by atoms with Gasteiger partial charge in [0, 0.05) is 6.54 Å². The van der Waals surface area contributed by atoms with Crippen LogP contribution in [0, 0.1) is 0 Å². The number of carbonyl (C=O) groups is 1. The minimum Gasteiger partial charge on any atom is -0.486 e. The van der Waals surface area contributed by atoms with Crippen molar-refractivity contribution in [3.05, 3.63) is 52.5 Å². The second kappa shape index (κ2) is 8.16. The Labute approximate surface area is 162 Å². The van der Waals surface area contributed by atoms with E-state index in [0.717, 1.165) is 5.56 Å². The zero-order valence-electron chi connectivity index (χ0n) is 14.4. The van der Waals surface area contributed by atoms with Gasteiger partial charge in [0.25, 0.3) is 0 Å². The van der Waals surface area contributed by atoms with Crippen molar-refractivity contribution < 1.29 is 22.7 Å². The summed E-state index contributed by atoms with van der Waals surface area (Å²) in [5.74, 6) is 1.01. The van der Waals surface area contributed by atoms with Crippen LogP contribution in [0.3, 0.4) is 0 Å². The number of benzene rings is 2. The van der Waals surface area contributed by atoms with Gasteiger partial charge in [-0.25, -0.2) is 13.6 Å². The van der Waals surface area contributed by atoms with Gasteiger partial charge in [-0.15, -0.1) is 0 Å². The van der Waals surface area contributed by atoms with Crippen LogP contribution >= 0.6 is 11.6 Å². The third kappa shape index (κ3) is 5.12. The Morgan fingerprint density at radius 1 is 1.11 bits per heavy atom. The van der Waals surface area contributed by atoms with E-state index in [9.17, 15) is 13.2 Å². The molecule has 9 heteroatoms. The monoisotopic (exact) mass is 410 g/mol. The Hall–Kier alpha value is -2.29. The molecule has 7 nitrogen and oxygen atoms in total. The number of halogens is 1. The van der Waals surface area contributed by atoms with Gasteiger partial charge in [0.2, 0.25) is 15.9 Å². The van der Waals surface area contributed by atoms with Gasteiger partial charge in [0.05, 0.1) is 16.3 Å². The third-order valence-corrected chi connectivity index (χ3v) is 5.22. The lowest BCUT2D eigenvalue weighted by Gasteiger charge is -2.20. The molecule has 0 bridgehead atoms. The Morgan fingerprint density at radius 3 is 2.52 bits per heavy atom. The minimum atomic E-state index is -3.73. The molecule has 27 heavy (non-hydrogen) atoms. The minimum absolute atomic E-state index is 0.0159. The lowest BCUT2D eigenvalue weighted by Crippen LogP contribution is -2.27. The van der Waals surface area contributed by atoms with Crippen molar-refractivity contribution in [2.45, 2.75) is 17.7 Å². The Bertz CT molecular complexity index is 945. The summed E-state index contributed by atoms with van der Waals surface area (Å²) >= 11 is 6.20. The molecule has 3 rings (SSSR count). The van der Waals surface area contributed by atoms with E-state index in [2.05, 4.69) is 5.32 Å². The molecule has 1 aliphatic heterocycles. The maximum absolute atomic E-state index is 12.1. The van der Waals surface area contributed by atoms with Gasteiger partial charge in [-0.3, -0.25) is 4.79 Å². The molecule has 0 saturated carbocycles. The van der Waals surface area contributed by atoms with Gasteiger partial charge < -0.3 is 14.8 Å². The number of sulfonamides is 1. The molecule has 0 aliphatic carbocycles. The molecule has 2 aromatic rings. The Kier molecular flexibility index (Phi) is 5.88. The number of nitrogens with two attached hydrogens (primary N) is 1. The van der Waals surface area contributed by atoms with Crippen molar-refractivity contribution in [1.29, 1.82) is 0 Å². The summed E-state index contributed by atoms with van der Waals surface area (Å²) in [7, 11) is -3.73. The van der Waals surface area contributed by atoms with E-state index in [1.54, 1.807) is 18.2 Å². The molecule has 3 N–H and O–H groups in total. The maximum atomic E-state index is 12.1. The highest BCUT2D eigenvalue weighted by Gasteiger charge is 2.16. The standard InChI is InChI=1S/C18H19ClN2O5S/c19-15-9-13(10-16-18(15)26-8-7-25-16)5-6-21-17(22)11-12-1-3-14(4-2-12)27(20,23)24/h1-4,9-10H,5-8,11H2,(H,21,22)(H2,20,23,24). The first-order valence-electron chi connectivity index (χ1n) is 8.29. The summed E-state index contributed by atoms with van der Waals surface area (Å²) in [6, 6.07) is 9.57. The predicted octanol–water partition coefficient (Wildman–Crippen LogP) is 1.66. The second-order valence-corrected chi connectivity index (χ2v) is 8.04. The fourth-order valence-electron chi connectivity index (χ4n) is 2.70. The van der Waals surface area contributed by atoms with E-state index >= 15 is 0 Å². The van der Waals surface area contributed by atoms with Crippen molar-refractivity contribution >= 4 is 27.5 Å². The first-order valence-corrected chi connectivity index (χ1v) is 10.2. The lowest BCUT2D eigenvalue weighted by molar-refractivity contribution is -0.120. The van der Waals surface area contributed by atoms with Gasteiger partial charge >= 0.3 is 0 Å². The zero-order chi connectivity index (χ0) is 19.4. The number of hydrogen-bond donors (Lipinski definition) is 2. The molecule has 0 fully saturated rings. The molecule has 1 heterocycles. The van der Waals surface area contributed by atoms with Gasteiger partial charge in [0.1, 0.15) is 13.2 Å². The van der Waals surface area contributed by atoms with Crippen LogP contribution in [0.15, 0.2) is 41.3 Å². The summed E-state index contributed by atoms with van der Waals surface area (Å²) in [5, 5.41) is 8.37. The summed E-state index contributed by atoms with van der Waals surface area (Å²) in [4.78, 5) is 12.1. The van der Waals surface area contributed by atoms with Crippen LogP contribution in [0.4, 0.5) is 0 Å². The highest BCUT2D eigenvalue weighted by molar-refractivity contribution is 7.89. The maximum Gasteiger partial charge on any atom is 0.238 e. The smallest absolute Gasteiger partial charge is 0.238 e. The second-order valence-electron chi connectivity index (χ2n) is 6.07. The summed E-state index contributed by atoms with van der Waals surface area (Å²) < 4.78 is 33.5. The zero-order valence-corrected chi connectivity index (χ0v) is 16.0. The molecule has 144 valence electrons. The van der Waals surface area contributed by atoms with Gasteiger partial charge in [-0.05, 0) is 41.8 Å². The van der Waals surface area contributed by atoms with E-state index in [1.807, 2.05) is 6.07 Å². The van der Waals surface area contributed by atoms with E-state index in [1.165, 1.54) is 12.1 Å². The molecule has 1 amide bonds. The quantitative estimate of drug-likeness (QED) is 0.753. The van der Waals surface area contributed by atoms with Crippen molar-refractivity contribution in [3.63, 3.8) is 0 Å². The molecule has 0 saturated heterocycles. The molecular weight excluding hydrogens is 392 g/mol. The number of fused-ring (bicyclic) bond motifs is 1. The molecule has 0 spiro atoms. The van der Waals surface area contributed by atoms with Crippen molar-refractivity contribution in [1.82, 2.24) is 5.32 Å². The van der Waals surface area contributed by atoms with Gasteiger partial charge in [-0.1, -0.05) is 23.7 Å². The van der Waals surface area contributed by atoms with E-state index < -0.39 is 10.0 Å². The number of ether oxygens (including phenoxy) is 2. The Balaban J connectivity index is 1.52. The van der Waals surface area contributed by atoms with E-state index in [0.29, 0.717) is 48.3 Å². The van der Waals surface area contributed by atoms with Crippen molar-refractivity contribution in [2.75, 3.05) is 19.8 Å². The first-order chi connectivity index (χ1) is 12.8. The lowest BCUT2D eigenvalue weighted by atomic mass is 10.1. The highest BCUT2D eigenvalue weighted by atomic mass is 35.5. The van der Waals surface area contributed by atoms with Crippen LogP contribution in [0.5, 0.6) is 11.5 Å². The van der Waals surface area contributed by atoms with E-state index in [-0.39, 0.29) is 17.2 Å². The van der Waals surface area contributed by atoms with Crippen LogP contribution in [0.25, 0.3) is 0 Å². The van der Waals surface area contributed by atoms with Crippen LogP contribution in [-0.2, 0) is 27.7 Å². The number of nitrogens with one attached hydrogen (secondary N) is 1. The molecule has 1 aliphatic rings. The number of amides is 1. The summed E-state index contributed by atoms with van der Waals surface area (Å²) in [6.07, 6.45) is 0.735. The molecule has 0 aromatic heterocycles. The van der Waals surface area contributed by atoms with Crippen molar-refractivity contribution in [3.8, 4) is 11.5 Å². The number of carbonyl (C=O) groups excluding carboxylic acids is 1. The fourth-order valence-corrected chi connectivity index (χ4v) is 3.50. The third-order valence-electron chi connectivity index (χ3n) is 4.01. The van der Waals surface area contributed by atoms with Crippen LogP contribution < -0.4 is 19.9 Å². The van der Waals surface area contributed by atoms with E-state index in [4.69, 9.17) is 26.2 Å². The average molecular weight is 411 g/mol. The number of primary sulfonamides is 1. The van der Waals surface area contributed by atoms with Gasteiger partial charge in [0.15, 0.2) is 11.5 Å². The first kappa shape index (κ1) is 19.5. The fraction of sp³-hybridized carbons (Fsp3) is 0.278. The highest BCUT2D eigenvalue weighted by Crippen LogP contribution is 2.38. The van der Waals surface area contributed by atoms with Crippen LogP contribution in [0.1, 0.15) is 11.1 Å². The predicted molar refractivity (Wildman–Crippen MR) is 101 cm³/mol. The normalized spacial score (nSPS) is 13.3. The topological polar surface area (TPSA) is 108 Å². The number of rotatable bonds is 6. The molecular formula is C18H19ClN2O5S. The van der Waals surface area contributed by atoms with Gasteiger partial charge in [-0.2, -0.15) is 0 Å². The summed E-state index contributed by atoms with van der Waals surface area (Å²) in [5.41, 5.74) is 1.63. The Morgan fingerprint density at radius 2 is 1.81 bits per heavy atom. The molecule has 0 atom stereocenters. The molecule has 2 aromatic carbocycles. The average Bonchev–Trinajstić information content (AvgIpc) is 2.61. The number of hydrogen-bond acceptors (Lipinski definition) is 5. The van der Waals surface area contributed by atoms with Crippen LogP contribution in [-0.4, -0.2) is 34.1 Å². The summed E-state index contributed by atoms with van der Waals surface area (Å²) in [6.45, 7) is 1.39. The van der Waals surface area contributed by atoms with Crippen molar-refractivity contribution in [2.24, 2.45) is 5.14 Å². The van der Waals surface area contributed by atoms with Crippen LogP contribution in [0.2, 0.25) is 5.02 Å². The molecule has 0 unspecified atom stereocenters. The largest absolute Gasteiger partial charge is 0.486 e. The molecule has 0 radical (unpaired) electrons. The SMILES string of the molecule is NS(=O)(=O)c1ccc(CC(=O)NCCc2cc(Cl)c3c(c2)OCCO3)cc1.